The number of nitrogens with one attached hydrogen (secondary N) is 2. The van der Waals surface area contributed by atoms with E-state index in [1.165, 1.54) is 37.6 Å². The molecule has 0 atom stereocenters. The number of benzene rings is 4. The molecule has 4 rings (SSSR count). The highest BCUT2D eigenvalue weighted by Crippen LogP contribution is 2.34. The van der Waals surface area contributed by atoms with Crippen molar-refractivity contribution in [1.82, 2.24) is 5.43 Å². The summed E-state index contributed by atoms with van der Waals surface area (Å²) in [5.74, 6) is -0.302. The summed E-state index contributed by atoms with van der Waals surface area (Å²) in [6.07, 6.45) is 1.39. The number of hydrogen-bond acceptors (Lipinski definition) is 7. The van der Waals surface area contributed by atoms with Crippen LogP contribution in [0.25, 0.3) is 0 Å². The number of methoxy groups -OCH3 is 1. The Balaban J connectivity index is 1.39. The Kier molecular flexibility index (Phi) is 10.6. The smallest absolute Gasteiger partial charge is 0.264 e. The number of carbonyl (C=O) groups is 2. The van der Waals surface area contributed by atoms with Crippen LogP contribution in [-0.2, 0) is 19.6 Å². The summed E-state index contributed by atoms with van der Waals surface area (Å²) in [5.41, 5.74) is 5.74. The number of nitrogens with zero attached hydrogens (tertiary/aromatic N) is 2. The number of aryl methyl sites for hydroxylation is 2. The Hall–Kier alpha value is -4.87. The lowest BCUT2D eigenvalue weighted by Gasteiger charge is -2.25. The van der Waals surface area contributed by atoms with Crippen LogP contribution in [0.15, 0.2) is 101 Å². The number of hydrazone groups is 1. The molecule has 0 spiro atoms. The molecule has 0 radical (unpaired) electrons. The van der Waals surface area contributed by atoms with Crippen molar-refractivity contribution in [2.45, 2.75) is 18.7 Å². The standard InChI is InChI=1S/C32H31ClN4O6S/c1-22-4-11-26(12-5-22)35-32(39)21-43-27-13-8-24(9-14-27)19-34-36-31(38)20-37(29-18-25(33)10-17-30(29)42-3)44(40,41)28-15-6-23(2)7-16-28/h4-19H,20-21H2,1-3H3,(H,35,39)(H,36,38)/b34-19-. The Morgan fingerprint density at radius 3 is 2.16 bits per heavy atom. The molecule has 44 heavy (non-hydrogen) atoms. The highest BCUT2D eigenvalue weighted by Gasteiger charge is 2.29. The van der Waals surface area contributed by atoms with E-state index >= 15 is 0 Å². The molecule has 0 saturated carbocycles. The minimum absolute atomic E-state index is 0.00336. The molecule has 0 aromatic heterocycles. The van der Waals surface area contributed by atoms with Crippen molar-refractivity contribution in [1.29, 1.82) is 0 Å². The zero-order valence-electron chi connectivity index (χ0n) is 24.3. The van der Waals surface area contributed by atoms with Crippen LogP contribution < -0.4 is 24.5 Å². The van der Waals surface area contributed by atoms with Gasteiger partial charge in [-0.1, -0.05) is 47.0 Å². The van der Waals surface area contributed by atoms with Crippen molar-refractivity contribution < 1.29 is 27.5 Å². The number of sulfonamides is 1. The molecule has 2 amide bonds. The quantitative estimate of drug-likeness (QED) is 0.160. The number of halogens is 1. The molecular weight excluding hydrogens is 604 g/mol. The maximum Gasteiger partial charge on any atom is 0.264 e. The van der Waals surface area contributed by atoms with Crippen molar-refractivity contribution in [3.05, 3.63) is 113 Å². The first-order valence-corrected chi connectivity index (χ1v) is 15.2. The minimum atomic E-state index is -4.19. The van der Waals surface area contributed by atoms with Gasteiger partial charge >= 0.3 is 0 Å². The topological polar surface area (TPSA) is 126 Å². The fourth-order valence-corrected chi connectivity index (χ4v) is 5.56. The summed E-state index contributed by atoms with van der Waals surface area (Å²) in [5, 5.41) is 6.99. The number of ether oxygens (including phenoxy) is 2. The van der Waals surface area contributed by atoms with Gasteiger partial charge in [0.2, 0.25) is 0 Å². The molecule has 0 saturated heterocycles. The van der Waals surface area contributed by atoms with Gasteiger partial charge in [-0.05, 0) is 86.1 Å². The Labute approximate surface area is 261 Å². The fourth-order valence-electron chi connectivity index (χ4n) is 3.97. The summed E-state index contributed by atoms with van der Waals surface area (Å²) < 4.78 is 39.1. The molecule has 0 bridgehead atoms. The van der Waals surface area contributed by atoms with Gasteiger partial charge in [-0.15, -0.1) is 0 Å². The molecule has 0 unspecified atom stereocenters. The zero-order valence-corrected chi connectivity index (χ0v) is 25.9. The van der Waals surface area contributed by atoms with Crippen LogP contribution in [0.2, 0.25) is 5.02 Å². The maximum absolute atomic E-state index is 13.7. The van der Waals surface area contributed by atoms with Crippen LogP contribution >= 0.6 is 11.6 Å². The van der Waals surface area contributed by atoms with Crippen LogP contribution in [0.4, 0.5) is 11.4 Å². The van der Waals surface area contributed by atoms with Gasteiger partial charge in [0.1, 0.15) is 18.0 Å². The molecule has 4 aromatic rings. The van der Waals surface area contributed by atoms with Gasteiger partial charge in [0, 0.05) is 10.7 Å². The van der Waals surface area contributed by atoms with Gasteiger partial charge in [0.05, 0.1) is 23.9 Å². The summed E-state index contributed by atoms with van der Waals surface area (Å²) in [6.45, 7) is 3.04. The van der Waals surface area contributed by atoms with E-state index in [2.05, 4.69) is 15.8 Å². The Bertz CT molecular complexity index is 1740. The second kappa shape index (κ2) is 14.5. The van der Waals surface area contributed by atoms with Crippen LogP contribution in [0.3, 0.4) is 0 Å². The zero-order chi connectivity index (χ0) is 31.7. The normalized spacial score (nSPS) is 11.2. The second-order valence-electron chi connectivity index (χ2n) is 9.71. The number of anilines is 2. The fraction of sp³-hybridized carbons (Fsp3) is 0.156. The van der Waals surface area contributed by atoms with Crippen LogP contribution in [0.1, 0.15) is 16.7 Å². The highest BCUT2D eigenvalue weighted by molar-refractivity contribution is 7.92. The molecule has 4 aromatic carbocycles. The van der Waals surface area contributed by atoms with Crippen LogP contribution in [0.5, 0.6) is 11.5 Å². The maximum atomic E-state index is 13.7. The molecular formula is C32H31ClN4O6S. The number of carbonyl (C=O) groups excluding carboxylic acids is 2. The predicted molar refractivity (Wildman–Crippen MR) is 171 cm³/mol. The third-order valence-electron chi connectivity index (χ3n) is 6.29. The predicted octanol–water partition coefficient (Wildman–Crippen LogP) is 5.33. The molecule has 0 heterocycles. The number of rotatable bonds is 12. The van der Waals surface area contributed by atoms with E-state index in [1.54, 1.807) is 42.5 Å². The van der Waals surface area contributed by atoms with E-state index in [0.717, 1.165) is 15.4 Å². The van der Waals surface area contributed by atoms with E-state index in [9.17, 15) is 18.0 Å². The Morgan fingerprint density at radius 2 is 1.52 bits per heavy atom. The minimum Gasteiger partial charge on any atom is -0.495 e. The van der Waals surface area contributed by atoms with Gasteiger partial charge in [0.25, 0.3) is 21.8 Å². The average Bonchev–Trinajstić information content (AvgIpc) is 3.01. The van der Waals surface area contributed by atoms with Gasteiger partial charge < -0.3 is 14.8 Å². The first-order chi connectivity index (χ1) is 21.0. The van der Waals surface area contributed by atoms with Crippen molar-refractivity contribution in [2.75, 3.05) is 29.9 Å². The van der Waals surface area contributed by atoms with E-state index in [0.29, 0.717) is 17.0 Å². The van der Waals surface area contributed by atoms with Gasteiger partial charge in [0.15, 0.2) is 6.61 Å². The third-order valence-corrected chi connectivity index (χ3v) is 8.30. The Morgan fingerprint density at radius 1 is 0.886 bits per heavy atom. The molecule has 0 fully saturated rings. The van der Waals surface area contributed by atoms with E-state index in [1.807, 2.05) is 38.1 Å². The van der Waals surface area contributed by atoms with Gasteiger partial charge in [-0.3, -0.25) is 13.9 Å². The molecule has 0 aliphatic heterocycles. The first kappa shape index (κ1) is 32.1. The van der Waals surface area contributed by atoms with E-state index in [-0.39, 0.29) is 33.9 Å². The van der Waals surface area contributed by atoms with Gasteiger partial charge in [-0.25, -0.2) is 13.8 Å². The summed E-state index contributed by atoms with van der Waals surface area (Å²) in [7, 11) is -2.80. The number of hydrogen-bond donors (Lipinski definition) is 2. The van der Waals surface area contributed by atoms with E-state index < -0.39 is 22.5 Å². The largest absolute Gasteiger partial charge is 0.495 e. The number of amides is 2. The lowest BCUT2D eigenvalue weighted by Crippen LogP contribution is -2.39. The van der Waals surface area contributed by atoms with Crippen molar-refractivity contribution in [3.8, 4) is 11.5 Å². The van der Waals surface area contributed by atoms with Crippen molar-refractivity contribution in [3.63, 3.8) is 0 Å². The SMILES string of the molecule is COc1ccc(Cl)cc1N(CC(=O)N/N=C\c1ccc(OCC(=O)Nc2ccc(C)cc2)cc1)S(=O)(=O)c1ccc(C)cc1. The van der Waals surface area contributed by atoms with Crippen molar-refractivity contribution >= 4 is 51.0 Å². The molecule has 2 N–H and O–H groups in total. The summed E-state index contributed by atoms with van der Waals surface area (Å²) in [6, 6.07) is 24.9. The third kappa shape index (κ3) is 8.59. The van der Waals surface area contributed by atoms with Crippen molar-refractivity contribution in [2.24, 2.45) is 5.10 Å². The monoisotopic (exact) mass is 634 g/mol. The van der Waals surface area contributed by atoms with Gasteiger partial charge in [-0.2, -0.15) is 5.10 Å². The first-order valence-electron chi connectivity index (χ1n) is 13.4. The molecule has 0 aliphatic carbocycles. The average molecular weight is 635 g/mol. The second-order valence-corrected chi connectivity index (χ2v) is 12.0. The molecule has 228 valence electrons. The summed E-state index contributed by atoms with van der Waals surface area (Å²) >= 11 is 6.18. The van der Waals surface area contributed by atoms with E-state index in [4.69, 9.17) is 21.1 Å². The highest BCUT2D eigenvalue weighted by atomic mass is 35.5. The van der Waals surface area contributed by atoms with Crippen LogP contribution in [-0.4, -0.2) is 46.7 Å². The molecule has 0 aliphatic rings. The molecule has 12 heteroatoms. The molecule has 10 nitrogen and oxygen atoms in total. The summed E-state index contributed by atoms with van der Waals surface area (Å²) in [4.78, 5) is 25.1. The lowest BCUT2D eigenvalue weighted by atomic mass is 10.2. The lowest BCUT2D eigenvalue weighted by molar-refractivity contribution is -0.119. The van der Waals surface area contributed by atoms with Crippen LogP contribution in [0, 0.1) is 13.8 Å².